The molecule has 0 aliphatic rings. The number of benzene rings is 5. The first-order valence-corrected chi connectivity index (χ1v) is 11.1. The van der Waals surface area contributed by atoms with Gasteiger partial charge in [0, 0.05) is 22.0 Å². The lowest BCUT2D eigenvalue weighted by Crippen LogP contribution is -2.04. The van der Waals surface area contributed by atoms with Gasteiger partial charge in [0.1, 0.15) is 11.6 Å². The van der Waals surface area contributed by atoms with Crippen LogP contribution in [0, 0.1) is 0 Å². The van der Waals surface area contributed by atoms with Crippen molar-refractivity contribution < 1.29 is 17.9 Å². The lowest BCUT2D eigenvalue weighted by molar-refractivity contribution is -0.137. The van der Waals surface area contributed by atoms with E-state index in [-0.39, 0.29) is 0 Å². The second-order valence-corrected chi connectivity index (χ2v) is 8.33. The smallest absolute Gasteiger partial charge is 0.416 e. The molecule has 6 heteroatoms. The van der Waals surface area contributed by atoms with Crippen molar-refractivity contribution in [3.05, 3.63) is 103 Å². The third-order valence-electron chi connectivity index (χ3n) is 6.33. The van der Waals surface area contributed by atoms with Crippen molar-refractivity contribution in [2.75, 3.05) is 7.11 Å². The highest BCUT2D eigenvalue weighted by Crippen LogP contribution is 2.39. The molecule has 0 spiro atoms. The third-order valence-corrected chi connectivity index (χ3v) is 6.33. The van der Waals surface area contributed by atoms with E-state index in [9.17, 15) is 13.2 Å². The summed E-state index contributed by atoms with van der Waals surface area (Å²) in [6.07, 6.45) is -4.40. The molecule has 35 heavy (non-hydrogen) atoms. The van der Waals surface area contributed by atoms with Gasteiger partial charge in [-0.2, -0.15) is 13.2 Å². The van der Waals surface area contributed by atoms with Gasteiger partial charge in [0.05, 0.1) is 23.7 Å². The fourth-order valence-electron chi connectivity index (χ4n) is 4.69. The number of nitrogens with zero attached hydrogens (tertiary/aromatic N) is 2. The SMILES string of the molecule is COc1ccc(-n2c(-c3ccc(C(F)(F)F)cc3)nc3c4ccccc4c4ccccc4c32)cc1. The van der Waals surface area contributed by atoms with Crippen LogP contribution < -0.4 is 4.74 Å². The van der Waals surface area contributed by atoms with E-state index in [4.69, 9.17) is 9.72 Å². The molecule has 0 saturated heterocycles. The summed E-state index contributed by atoms with van der Waals surface area (Å²) in [6.45, 7) is 0. The van der Waals surface area contributed by atoms with Gasteiger partial charge in [-0.15, -0.1) is 0 Å². The van der Waals surface area contributed by atoms with Crippen molar-refractivity contribution in [3.8, 4) is 22.8 Å². The first-order valence-electron chi connectivity index (χ1n) is 11.1. The fourth-order valence-corrected chi connectivity index (χ4v) is 4.69. The molecule has 3 nitrogen and oxygen atoms in total. The second-order valence-electron chi connectivity index (χ2n) is 8.33. The highest BCUT2D eigenvalue weighted by atomic mass is 19.4. The number of methoxy groups -OCH3 is 1. The fraction of sp³-hybridized carbons (Fsp3) is 0.0690. The molecule has 0 bridgehead atoms. The Bertz CT molecular complexity index is 1700. The number of fused-ring (bicyclic) bond motifs is 6. The molecule has 6 rings (SSSR count). The Morgan fingerprint density at radius 2 is 1.26 bits per heavy atom. The lowest BCUT2D eigenvalue weighted by atomic mass is 10.00. The maximum Gasteiger partial charge on any atom is 0.416 e. The van der Waals surface area contributed by atoms with E-state index >= 15 is 0 Å². The zero-order valence-corrected chi connectivity index (χ0v) is 18.7. The monoisotopic (exact) mass is 468 g/mol. The molecule has 1 aromatic heterocycles. The minimum atomic E-state index is -4.40. The van der Waals surface area contributed by atoms with Crippen LogP contribution >= 0.6 is 0 Å². The molecule has 0 atom stereocenters. The first kappa shape index (κ1) is 21.2. The van der Waals surface area contributed by atoms with Crippen molar-refractivity contribution in [1.29, 1.82) is 0 Å². The maximum absolute atomic E-state index is 13.2. The predicted molar refractivity (Wildman–Crippen MR) is 133 cm³/mol. The number of hydrogen-bond acceptors (Lipinski definition) is 2. The highest BCUT2D eigenvalue weighted by molar-refractivity contribution is 6.24. The van der Waals surface area contributed by atoms with Gasteiger partial charge in [-0.1, -0.05) is 60.7 Å². The van der Waals surface area contributed by atoms with Crippen molar-refractivity contribution in [1.82, 2.24) is 9.55 Å². The number of aromatic nitrogens is 2. The van der Waals surface area contributed by atoms with Gasteiger partial charge >= 0.3 is 6.18 Å². The van der Waals surface area contributed by atoms with E-state index < -0.39 is 11.7 Å². The molecule has 5 aromatic carbocycles. The number of hydrogen-bond donors (Lipinski definition) is 0. The molecule has 172 valence electrons. The van der Waals surface area contributed by atoms with Crippen LogP contribution in [0.25, 0.3) is 49.7 Å². The number of halogens is 3. The number of alkyl halides is 3. The molecular formula is C29H19F3N2O. The van der Waals surface area contributed by atoms with Crippen LogP contribution in [-0.2, 0) is 6.18 Å². The number of rotatable bonds is 3. The van der Waals surface area contributed by atoms with Gasteiger partial charge in [0.2, 0.25) is 0 Å². The second kappa shape index (κ2) is 7.87. The molecule has 0 amide bonds. The van der Waals surface area contributed by atoms with E-state index in [1.165, 1.54) is 12.1 Å². The van der Waals surface area contributed by atoms with E-state index in [1.807, 2.05) is 59.2 Å². The van der Waals surface area contributed by atoms with Crippen molar-refractivity contribution in [2.45, 2.75) is 6.18 Å². The minimum absolute atomic E-state index is 0.570. The normalized spacial score (nSPS) is 12.0. The molecule has 0 radical (unpaired) electrons. The van der Waals surface area contributed by atoms with Crippen LogP contribution in [0.15, 0.2) is 97.1 Å². The Morgan fingerprint density at radius 3 is 1.86 bits per heavy atom. The van der Waals surface area contributed by atoms with Crippen molar-refractivity contribution in [3.63, 3.8) is 0 Å². The molecule has 0 aliphatic heterocycles. The zero-order chi connectivity index (χ0) is 24.2. The molecule has 0 N–H and O–H groups in total. The molecule has 6 aromatic rings. The van der Waals surface area contributed by atoms with E-state index in [0.29, 0.717) is 17.1 Å². The number of ether oxygens (including phenoxy) is 1. The van der Waals surface area contributed by atoms with E-state index in [2.05, 4.69) is 18.2 Å². The summed E-state index contributed by atoms with van der Waals surface area (Å²) in [5, 5.41) is 4.17. The van der Waals surface area contributed by atoms with E-state index in [1.54, 1.807) is 7.11 Å². The molecular weight excluding hydrogens is 449 g/mol. The van der Waals surface area contributed by atoms with Crippen LogP contribution in [0.3, 0.4) is 0 Å². The summed E-state index contributed by atoms with van der Waals surface area (Å²) in [7, 11) is 1.61. The van der Waals surface area contributed by atoms with Crippen LogP contribution in [-0.4, -0.2) is 16.7 Å². The lowest BCUT2D eigenvalue weighted by Gasteiger charge is -2.13. The molecule has 1 heterocycles. The Hall–Kier alpha value is -4.32. The highest BCUT2D eigenvalue weighted by Gasteiger charge is 2.30. The van der Waals surface area contributed by atoms with Crippen LogP contribution in [0.2, 0.25) is 0 Å². The average Bonchev–Trinajstić information content (AvgIpc) is 3.30. The summed E-state index contributed by atoms with van der Waals surface area (Å²) in [6, 6.07) is 29.0. The summed E-state index contributed by atoms with van der Waals surface area (Å²) < 4.78 is 47.0. The van der Waals surface area contributed by atoms with Crippen molar-refractivity contribution >= 4 is 32.6 Å². The van der Waals surface area contributed by atoms with Gasteiger partial charge in [-0.3, -0.25) is 4.57 Å². The number of imidazole rings is 1. The summed E-state index contributed by atoms with van der Waals surface area (Å²) >= 11 is 0. The van der Waals surface area contributed by atoms with Gasteiger partial charge in [-0.25, -0.2) is 4.98 Å². The van der Waals surface area contributed by atoms with Crippen LogP contribution in [0.1, 0.15) is 5.56 Å². The summed E-state index contributed by atoms with van der Waals surface area (Å²) in [5.74, 6) is 1.28. The van der Waals surface area contributed by atoms with Gasteiger partial charge in [-0.05, 0) is 47.2 Å². The molecule has 0 saturated carbocycles. The molecule has 0 fully saturated rings. The average molecular weight is 468 g/mol. The Morgan fingerprint density at radius 1 is 0.686 bits per heavy atom. The third kappa shape index (κ3) is 3.41. The maximum atomic E-state index is 13.2. The van der Waals surface area contributed by atoms with Crippen LogP contribution in [0.5, 0.6) is 5.75 Å². The zero-order valence-electron chi connectivity index (χ0n) is 18.7. The predicted octanol–water partition coefficient (Wildman–Crippen LogP) is 8.03. The minimum Gasteiger partial charge on any atom is -0.497 e. The van der Waals surface area contributed by atoms with Gasteiger partial charge in [0.25, 0.3) is 0 Å². The first-order chi connectivity index (χ1) is 17.0. The van der Waals surface area contributed by atoms with Crippen LogP contribution in [0.4, 0.5) is 13.2 Å². The summed E-state index contributed by atoms with van der Waals surface area (Å²) in [5.41, 5.74) is 2.44. The Kier molecular flexibility index (Phi) is 4.78. The standard InChI is InChI=1S/C29H19F3N2O/c1-35-21-16-14-20(15-17-21)34-27-25-9-5-3-7-23(25)22-6-2-4-8-24(22)26(27)33-28(34)18-10-12-19(13-11-18)29(30,31)32/h2-17H,1H3. The molecule has 0 aliphatic carbocycles. The Labute approximate surface area is 199 Å². The quantitative estimate of drug-likeness (QED) is 0.246. The van der Waals surface area contributed by atoms with Gasteiger partial charge in [0.15, 0.2) is 0 Å². The topological polar surface area (TPSA) is 27.1 Å². The summed E-state index contributed by atoms with van der Waals surface area (Å²) in [4.78, 5) is 5.02. The van der Waals surface area contributed by atoms with Gasteiger partial charge < -0.3 is 4.74 Å². The Balaban J connectivity index is 1.74. The van der Waals surface area contributed by atoms with E-state index in [0.717, 1.165) is 50.4 Å². The van der Waals surface area contributed by atoms with Crippen molar-refractivity contribution in [2.24, 2.45) is 0 Å². The largest absolute Gasteiger partial charge is 0.497 e. The molecule has 0 unspecified atom stereocenters.